The van der Waals surface area contributed by atoms with Gasteiger partial charge in [-0.3, -0.25) is 0 Å². The van der Waals surface area contributed by atoms with Gasteiger partial charge < -0.3 is 10.2 Å². The Bertz CT molecular complexity index is 552. The molecule has 0 aliphatic rings. The molecule has 0 unspecified atom stereocenters. The number of hydrogen-bond donors (Lipinski definition) is 1. The third-order valence-corrected chi connectivity index (χ3v) is 3.51. The lowest BCUT2D eigenvalue weighted by atomic mass is 10.2. The maximum absolute atomic E-state index is 4.34. The molecule has 1 N–H and O–H groups in total. The quantitative estimate of drug-likeness (QED) is 0.930. The lowest BCUT2D eigenvalue weighted by Crippen LogP contribution is -2.08. The molecular weight excluding hydrogens is 290 g/mol. The summed E-state index contributed by atoms with van der Waals surface area (Å²) in [4.78, 5) is 6.41. The molecule has 0 aliphatic carbocycles. The molecular formula is C14H16BrN3. The van der Waals surface area contributed by atoms with Crippen LogP contribution in [0.3, 0.4) is 0 Å². The van der Waals surface area contributed by atoms with Crippen molar-refractivity contribution >= 4 is 33.1 Å². The van der Waals surface area contributed by atoms with E-state index in [0.29, 0.717) is 0 Å². The number of aryl methyl sites for hydroxylation is 1. The molecule has 0 radical (unpaired) electrons. The Kier molecular flexibility index (Phi) is 3.87. The molecule has 0 fully saturated rings. The van der Waals surface area contributed by atoms with E-state index in [2.05, 4.69) is 43.3 Å². The van der Waals surface area contributed by atoms with Crippen LogP contribution in [0.1, 0.15) is 5.56 Å². The summed E-state index contributed by atoms with van der Waals surface area (Å²) in [5.74, 6) is 0.853. The fourth-order valence-electron chi connectivity index (χ4n) is 1.62. The summed E-state index contributed by atoms with van der Waals surface area (Å²) >= 11 is 3.45. The summed E-state index contributed by atoms with van der Waals surface area (Å²) in [7, 11) is 4.06. The van der Waals surface area contributed by atoms with E-state index in [1.165, 1.54) is 0 Å². The third kappa shape index (κ3) is 3.01. The van der Waals surface area contributed by atoms with Gasteiger partial charge in [-0.15, -0.1) is 0 Å². The number of rotatable bonds is 3. The van der Waals surface area contributed by atoms with Gasteiger partial charge in [0.15, 0.2) is 0 Å². The lowest BCUT2D eigenvalue weighted by molar-refractivity contribution is 1.13. The fraction of sp³-hybridized carbons (Fsp3) is 0.214. The van der Waals surface area contributed by atoms with Gasteiger partial charge in [0, 0.05) is 36.1 Å². The van der Waals surface area contributed by atoms with Gasteiger partial charge in [0.2, 0.25) is 0 Å². The molecule has 0 saturated heterocycles. The van der Waals surface area contributed by atoms with Crippen molar-refractivity contribution in [2.75, 3.05) is 24.3 Å². The lowest BCUT2D eigenvalue weighted by Gasteiger charge is -2.14. The van der Waals surface area contributed by atoms with Gasteiger partial charge in [0.25, 0.3) is 0 Å². The monoisotopic (exact) mass is 305 g/mol. The van der Waals surface area contributed by atoms with Crippen molar-refractivity contribution in [1.29, 1.82) is 0 Å². The van der Waals surface area contributed by atoms with Crippen LogP contribution in [0.5, 0.6) is 0 Å². The van der Waals surface area contributed by atoms with Crippen LogP contribution in [-0.2, 0) is 0 Å². The smallest absolute Gasteiger partial charge is 0.130 e. The first-order valence-corrected chi connectivity index (χ1v) is 6.52. The summed E-state index contributed by atoms with van der Waals surface area (Å²) in [6.45, 7) is 2.05. The van der Waals surface area contributed by atoms with Crippen LogP contribution in [0, 0.1) is 6.92 Å². The minimum atomic E-state index is 0.853. The van der Waals surface area contributed by atoms with Crippen molar-refractivity contribution in [2.45, 2.75) is 6.92 Å². The second-order valence-electron chi connectivity index (χ2n) is 4.39. The van der Waals surface area contributed by atoms with Gasteiger partial charge in [-0.2, -0.15) is 0 Å². The zero-order valence-corrected chi connectivity index (χ0v) is 12.3. The highest BCUT2D eigenvalue weighted by Crippen LogP contribution is 2.23. The number of aromatic nitrogens is 1. The summed E-state index contributed by atoms with van der Waals surface area (Å²) in [5.41, 5.74) is 3.36. The molecule has 0 atom stereocenters. The number of halogens is 1. The van der Waals surface area contributed by atoms with Crippen LogP contribution in [0.25, 0.3) is 0 Å². The van der Waals surface area contributed by atoms with Crippen molar-refractivity contribution in [2.24, 2.45) is 0 Å². The molecule has 0 spiro atoms. The van der Waals surface area contributed by atoms with Gasteiger partial charge in [-0.25, -0.2) is 4.98 Å². The molecule has 1 aromatic carbocycles. The van der Waals surface area contributed by atoms with E-state index in [1.807, 2.05) is 45.4 Å². The number of nitrogens with one attached hydrogen (secondary N) is 1. The second-order valence-corrected chi connectivity index (χ2v) is 5.24. The Morgan fingerprint density at radius 2 is 2.00 bits per heavy atom. The maximum atomic E-state index is 4.34. The topological polar surface area (TPSA) is 28.2 Å². The Labute approximate surface area is 116 Å². The van der Waals surface area contributed by atoms with Crippen LogP contribution in [-0.4, -0.2) is 19.1 Å². The summed E-state index contributed by atoms with van der Waals surface area (Å²) in [6, 6.07) is 10.3. The third-order valence-electron chi connectivity index (χ3n) is 2.68. The standard InChI is InChI=1S/C14H16BrN3/c1-10-7-14(16-9-13(10)15)17-11-5-4-6-12(8-11)18(2)3/h4-9H,1-3H3,(H,16,17). The molecule has 0 amide bonds. The SMILES string of the molecule is Cc1cc(Nc2cccc(N(C)C)c2)ncc1Br. The minimum absolute atomic E-state index is 0.853. The Hall–Kier alpha value is -1.55. The molecule has 4 heteroatoms. The van der Waals surface area contributed by atoms with Crippen LogP contribution in [0.4, 0.5) is 17.2 Å². The van der Waals surface area contributed by atoms with Crippen LogP contribution < -0.4 is 10.2 Å². The number of pyridine rings is 1. The zero-order chi connectivity index (χ0) is 13.1. The predicted octanol–water partition coefficient (Wildman–Crippen LogP) is 3.96. The number of nitrogens with zero attached hydrogens (tertiary/aromatic N) is 2. The van der Waals surface area contributed by atoms with Crippen molar-refractivity contribution in [3.8, 4) is 0 Å². The second kappa shape index (κ2) is 5.40. The molecule has 2 rings (SSSR count). The van der Waals surface area contributed by atoms with Crippen molar-refractivity contribution < 1.29 is 0 Å². The van der Waals surface area contributed by atoms with Crippen LogP contribution in [0.15, 0.2) is 41.0 Å². The van der Waals surface area contributed by atoms with E-state index in [4.69, 9.17) is 0 Å². The number of benzene rings is 1. The van der Waals surface area contributed by atoms with E-state index in [-0.39, 0.29) is 0 Å². The molecule has 1 aromatic heterocycles. The van der Waals surface area contributed by atoms with Crippen molar-refractivity contribution in [3.63, 3.8) is 0 Å². The summed E-state index contributed by atoms with van der Waals surface area (Å²) in [6.07, 6.45) is 1.81. The van der Waals surface area contributed by atoms with Gasteiger partial charge in [-0.1, -0.05) is 6.07 Å². The van der Waals surface area contributed by atoms with E-state index in [0.717, 1.165) is 27.2 Å². The summed E-state index contributed by atoms with van der Waals surface area (Å²) in [5, 5.41) is 3.31. The molecule has 0 bridgehead atoms. The van der Waals surface area contributed by atoms with Crippen LogP contribution >= 0.6 is 15.9 Å². The highest BCUT2D eigenvalue weighted by molar-refractivity contribution is 9.10. The minimum Gasteiger partial charge on any atom is -0.378 e. The highest BCUT2D eigenvalue weighted by atomic mass is 79.9. The van der Waals surface area contributed by atoms with E-state index < -0.39 is 0 Å². The molecule has 94 valence electrons. The van der Waals surface area contributed by atoms with Gasteiger partial charge in [0.1, 0.15) is 5.82 Å². The average Bonchev–Trinajstić information content (AvgIpc) is 2.34. The Morgan fingerprint density at radius 1 is 1.22 bits per heavy atom. The molecule has 3 nitrogen and oxygen atoms in total. The average molecular weight is 306 g/mol. The molecule has 18 heavy (non-hydrogen) atoms. The molecule has 0 saturated carbocycles. The van der Waals surface area contributed by atoms with E-state index >= 15 is 0 Å². The highest BCUT2D eigenvalue weighted by Gasteiger charge is 2.01. The van der Waals surface area contributed by atoms with Crippen molar-refractivity contribution in [3.05, 3.63) is 46.6 Å². The number of hydrogen-bond acceptors (Lipinski definition) is 3. The Morgan fingerprint density at radius 3 is 2.67 bits per heavy atom. The Balaban J connectivity index is 2.23. The van der Waals surface area contributed by atoms with Gasteiger partial charge >= 0.3 is 0 Å². The largest absolute Gasteiger partial charge is 0.378 e. The van der Waals surface area contributed by atoms with Gasteiger partial charge in [-0.05, 0) is 52.7 Å². The van der Waals surface area contributed by atoms with E-state index in [9.17, 15) is 0 Å². The zero-order valence-electron chi connectivity index (χ0n) is 10.7. The van der Waals surface area contributed by atoms with Crippen LogP contribution in [0.2, 0.25) is 0 Å². The molecule has 2 aromatic rings. The van der Waals surface area contributed by atoms with Crippen molar-refractivity contribution in [1.82, 2.24) is 4.98 Å². The number of anilines is 3. The fourth-order valence-corrected chi connectivity index (χ4v) is 1.83. The maximum Gasteiger partial charge on any atom is 0.130 e. The first-order valence-electron chi connectivity index (χ1n) is 5.73. The summed E-state index contributed by atoms with van der Waals surface area (Å²) < 4.78 is 1.02. The predicted molar refractivity (Wildman–Crippen MR) is 80.7 cm³/mol. The van der Waals surface area contributed by atoms with E-state index in [1.54, 1.807) is 0 Å². The first kappa shape index (κ1) is 12.9. The van der Waals surface area contributed by atoms with Gasteiger partial charge in [0.05, 0.1) is 0 Å². The first-order chi connectivity index (χ1) is 8.56. The molecule has 1 heterocycles. The normalized spacial score (nSPS) is 10.2. The molecule has 0 aliphatic heterocycles.